The largest absolute Gasteiger partial charge is 0.350 e. The molecule has 1 unspecified atom stereocenters. The maximum absolute atomic E-state index is 11.4. The second-order valence-electron chi connectivity index (χ2n) is 2.96. The number of pyridine rings is 1. The number of hydrogen-bond donors (Lipinski definition) is 1. The highest BCUT2D eigenvalue weighted by molar-refractivity contribution is 5.79. The van der Waals surface area contributed by atoms with E-state index in [0.717, 1.165) is 0 Å². The summed E-state index contributed by atoms with van der Waals surface area (Å²) >= 11 is 0. The van der Waals surface area contributed by atoms with E-state index in [1.807, 2.05) is 0 Å². The highest BCUT2D eigenvalue weighted by Crippen LogP contribution is 2.08. The van der Waals surface area contributed by atoms with Crippen LogP contribution in [0.15, 0.2) is 29.2 Å². The van der Waals surface area contributed by atoms with Gasteiger partial charge in [-0.1, -0.05) is 6.07 Å². The Morgan fingerprint density at radius 1 is 1.43 bits per heavy atom. The molecule has 1 aliphatic heterocycles. The molecule has 5 heteroatoms. The van der Waals surface area contributed by atoms with Crippen LogP contribution in [-0.2, 0) is 9.53 Å². The van der Waals surface area contributed by atoms with Gasteiger partial charge in [0.2, 0.25) is 6.23 Å². The highest BCUT2D eigenvalue weighted by Gasteiger charge is 2.24. The molecule has 1 N–H and O–H groups in total. The van der Waals surface area contributed by atoms with Gasteiger partial charge < -0.3 is 10.1 Å². The molecule has 0 aliphatic carbocycles. The third-order valence-corrected chi connectivity index (χ3v) is 2.01. The third kappa shape index (κ3) is 1.54. The van der Waals surface area contributed by atoms with Gasteiger partial charge in [0.25, 0.3) is 11.5 Å². The summed E-state index contributed by atoms with van der Waals surface area (Å²) in [6.07, 6.45) is 0.718. The van der Waals surface area contributed by atoms with E-state index in [2.05, 4.69) is 5.32 Å². The molecule has 1 fully saturated rings. The molecule has 1 aromatic heterocycles. The summed E-state index contributed by atoms with van der Waals surface area (Å²) in [4.78, 5) is 22.7. The lowest BCUT2D eigenvalue weighted by Gasteiger charge is -2.23. The molecule has 0 bridgehead atoms. The van der Waals surface area contributed by atoms with Crippen molar-refractivity contribution in [2.75, 3.05) is 13.2 Å². The molecular weight excluding hydrogens is 184 g/mol. The van der Waals surface area contributed by atoms with Crippen molar-refractivity contribution in [3.05, 3.63) is 34.7 Å². The van der Waals surface area contributed by atoms with E-state index in [-0.39, 0.29) is 11.5 Å². The van der Waals surface area contributed by atoms with Crippen molar-refractivity contribution in [1.82, 2.24) is 9.88 Å². The smallest absolute Gasteiger partial charge is 0.270 e. The molecule has 14 heavy (non-hydrogen) atoms. The summed E-state index contributed by atoms with van der Waals surface area (Å²) in [6, 6.07) is 4.71. The molecule has 74 valence electrons. The number of hydrogen-bond acceptors (Lipinski definition) is 3. The minimum Gasteiger partial charge on any atom is -0.350 e. The molecule has 1 atom stereocenters. The highest BCUT2D eigenvalue weighted by atomic mass is 16.5. The number of ether oxygens (including phenoxy) is 1. The summed E-state index contributed by atoms with van der Waals surface area (Å²) in [5.41, 5.74) is -0.241. The van der Waals surface area contributed by atoms with Crippen LogP contribution in [0.2, 0.25) is 0 Å². The van der Waals surface area contributed by atoms with Crippen LogP contribution in [0.5, 0.6) is 0 Å². The molecular formula is C9H10N2O3. The van der Waals surface area contributed by atoms with Gasteiger partial charge in [0, 0.05) is 18.8 Å². The molecule has 0 aromatic carbocycles. The predicted molar refractivity (Wildman–Crippen MR) is 48.7 cm³/mol. The van der Waals surface area contributed by atoms with Gasteiger partial charge in [-0.25, -0.2) is 0 Å². The molecule has 2 heterocycles. The molecule has 0 radical (unpaired) electrons. The maximum Gasteiger partial charge on any atom is 0.270 e. The Balaban J connectivity index is 2.34. The van der Waals surface area contributed by atoms with E-state index in [0.29, 0.717) is 13.2 Å². The number of rotatable bonds is 1. The minimum absolute atomic E-state index is 0.241. The van der Waals surface area contributed by atoms with Crippen molar-refractivity contribution < 1.29 is 9.53 Å². The number of nitrogens with one attached hydrogen (secondary N) is 1. The van der Waals surface area contributed by atoms with Crippen LogP contribution in [0.4, 0.5) is 0 Å². The number of aromatic nitrogens is 1. The molecule has 2 rings (SSSR count). The van der Waals surface area contributed by atoms with E-state index in [9.17, 15) is 9.59 Å². The predicted octanol–water partition coefficient (Wildman–Crippen LogP) is -0.507. The van der Waals surface area contributed by atoms with Gasteiger partial charge in [0.05, 0.1) is 6.61 Å². The number of morpholine rings is 1. The molecule has 0 saturated carbocycles. The van der Waals surface area contributed by atoms with Crippen LogP contribution in [0, 0.1) is 0 Å². The van der Waals surface area contributed by atoms with Gasteiger partial charge >= 0.3 is 0 Å². The van der Waals surface area contributed by atoms with Crippen LogP contribution < -0.4 is 10.9 Å². The Labute approximate surface area is 80.3 Å². The lowest BCUT2D eigenvalue weighted by atomic mass is 10.4. The van der Waals surface area contributed by atoms with Crippen molar-refractivity contribution in [1.29, 1.82) is 0 Å². The summed E-state index contributed by atoms with van der Waals surface area (Å²) in [6.45, 7) is 0.925. The minimum atomic E-state index is -0.822. The van der Waals surface area contributed by atoms with Gasteiger partial charge in [0.1, 0.15) is 0 Å². The quantitative estimate of drug-likeness (QED) is 0.655. The van der Waals surface area contributed by atoms with E-state index < -0.39 is 6.23 Å². The first-order chi connectivity index (χ1) is 6.79. The number of carbonyl (C=O) groups excluding carboxylic acids is 1. The number of amides is 1. The lowest BCUT2D eigenvalue weighted by Crippen LogP contribution is -2.44. The zero-order valence-electron chi connectivity index (χ0n) is 7.47. The third-order valence-electron chi connectivity index (χ3n) is 2.01. The average molecular weight is 194 g/mol. The molecule has 1 amide bonds. The van der Waals surface area contributed by atoms with Crippen LogP contribution in [0.25, 0.3) is 0 Å². The summed E-state index contributed by atoms with van der Waals surface area (Å²) in [7, 11) is 0. The summed E-state index contributed by atoms with van der Waals surface area (Å²) in [5, 5.41) is 2.63. The zero-order valence-corrected chi connectivity index (χ0v) is 7.47. The fourth-order valence-electron chi connectivity index (χ4n) is 1.35. The normalized spacial score (nSPS) is 21.7. The molecule has 1 aliphatic rings. The van der Waals surface area contributed by atoms with E-state index in [1.54, 1.807) is 12.1 Å². The Hall–Kier alpha value is -1.62. The number of carbonyl (C=O) groups is 1. The lowest BCUT2D eigenvalue weighted by molar-refractivity contribution is -0.145. The monoisotopic (exact) mass is 194 g/mol. The van der Waals surface area contributed by atoms with Crippen LogP contribution in [0.1, 0.15) is 6.23 Å². The van der Waals surface area contributed by atoms with Gasteiger partial charge in [-0.05, 0) is 6.07 Å². The second-order valence-corrected chi connectivity index (χ2v) is 2.96. The fraction of sp³-hybridized carbons (Fsp3) is 0.333. The summed E-state index contributed by atoms with van der Waals surface area (Å²) in [5.74, 6) is -0.274. The van der Waals surface area contributed by atoms with Crippen LogP contribution >= 0.6 is 0 Å². The van der Waals surface area contributed by atoms with Crippen molar-refractivity contribution in [2.24, 2.45) is 0 Å². The molecule has 1 saturated heterocycles. The second kappa shape index (κ2) is 3.63. The van der Waals surface area contributed by atoms with Gasteiger partial charge in [-0.2, -0.15) is 0 Å². The van der Waals surface area contributed by atoms with Crippen LogP contribution in [-0.4, -0.2) is 23.6 Å². The van der Waals surface area contributed by atoms with E-state index in [4.69, 9.17) is 4.74 Å². The number of nitrogens with zero attached hydrogens (tertiary/aromatic N) is 1. The molecule has 0 spiro atoms. The molecule has 1 aromatic rings. The van der Waals surface area contributed by atoms with Crippen molar-refractivity contribution >= 4 is 5.91 Å². The van der Waals surface area contributed by atoms with Gasteiger partial charge in [0.15, 0.2) is 0 Å². The maximum atomic E-state index is 11.4. The Morgan fingerprint density at radius 3 is 3.00 bits per heavy atom. The first-order valence-corrected chi connectivity index (χ1v) is 4.35. The van der Waals surface area contributed by atoms with Crippen molar-refractivity contribution in [3.63, 3.8) is 0 Å². The first-order valence-electron chi connectivity index (χ1n) is 4.35. The Morgan fingerprint density at radius 2 is 2.29 bits per heavy atom. The van der Waals surface area contributed by atoms with Crippen molar-refractivity contribution in [3.8, 4) is 0 Å². The standard InChI is InChI=1S/C9H10N2O3/c12-7-3-1-2-5-11(7)9-8(13)10-4-6-14-9/h1-3,5,9H,4,6H2,(H,10,13). The molecule has 5 nitrogen and oxygen atoms in total. The fourth-order valence-corrected chi connectivity index (χ4v) is 1.35. The van der Waals surface area contributed by atoms with Crippen molar-refractivity contribution in [2.45, 2.75) is 6.23 Å². The Bertz CT molecular complexity index is 399. The zero-order chi connectivity index (χ0) is 9.97. The van der Waals surface area contributed by atoms with E-state index in [1.165, 1.54) is 16.8 Å². The summed E-state index contributed by atoms with van der Waals surface area (Å²) < 4.78 is 6.48. The first kappa shape index (κ1) is 8.96. The average Bonchev–Trinajstić information content (AvgIpc) is 2.20. The van der Waals surface area contributed by atoms with Gasteiger partial charge in [-0.15, -0.1) is 0 Å². The SMILES string of the molecule is O=C1NCCOC1n1ccccc1=O. The topological polar surface area (TPSA) is 60.3 Å². The van der Waals surface area contributed by atoms with Gasteiger partial charge in [-0.3, -0.25) is 14.2 Å². The van der Waals surface area contributed by atoms with Crippen LogP contribution in [0.3, 0.4) is 0 Å². The Kier molecular flexibility index (Phi) is 2.32. The van der Waals surface area contributed by atoms with E-state index >= 15 is 0 Å².